The average molecular weight is 266 g/mol. The normalized spacial score (nSPS) is 9.85. The molecule has 0 radical (unpaired) electrons. The van der Waals surface area contributed by atoms with Gasteiger partial charge in [0.05, 0.1) is 23.4 Å². The summed E-state index contributed by atoms with van der Waals surface area (Å²) in [5, 5.41) is 9.37. The molecule has 1 heterocycles. The smallest absolute Gasteiger partial charge is 0.339 e. The molecule has 20 heavy (non-hydrogen) atoms. The van der Waals surface area contributed by atoms with Crippen LogP contribution in [0.2, 0.25) is 0 Å². The molecule has 0 spiro atoms. The fourth-order valence-corrected chi connectivity index (χ4v) is 1.96. The number of aromatic nitrogens is 1. The fraction of sp³-hybridized carbons (Fsp3) is 0.188. The molecule has 0 aliphatic rings. The Hall–Kier alpha value is -2.67. The first-order chi connectivity index (χ1) is 9.67. The van der Waals surface area contributed by atoms with Crippen molar-refractivity contribution in [2.75, 3.05) is 6.61 Å². The minimum Gasteiger partial charge on any atom is -0.462 e. The standard InChI is InChI=1S/C16H14N2O2/c1-3-20-16(19)13-9-11(2)18-15(14(13)10-17)12-7-5-4-6-8-12/h4-9H,3H2,1-2H3. The highest BCUT2D eigenvalue weighted by Crippen LogP contribution is 2.25. The molecule has 0 N–H and O–H groups in total. The Labute approximate surface area is 117 Å². The molecule has 0 amide bonds. The van der Waals surface area contributed by atoms with Gasteiger partial charge in [-0.15, -0.1) is 0 Å². The van der Waals surface area contributed by atoms with Crippen LogP contribution >= 0.6 is 0 Å². The first-order valence-corrected chi connectivity index (χ1v) is 6.31. The summed E-state index contributed by atoms with van der Waals surface area (Å²) in [6.07, 6.45) is 0. The van der Waals surface area contributed by atoms with Crippen LogP contribution in [0.1, 0.15) is 28.5 Å². The molecule has 0 fully saturated rings. The molecule has 0 bridgehead atoms. The van der Waals surface area contributed by atoms with Crippen LogP contribution in [0.4, 0.5) is 0 Å². The van der Waals surface area contributed by atoms with Gasteiger partial charge in [-0.25, -0.2) is 4.79 Å². The molecule has 100 valence electrons. The highest BCUT2D eigenvalue weighted by Gasteiger charge is 2.19. The Bertz CT molecular complexity index is 673. The maximum Gasteiger partial charge on any atom is 0.339 e. The third-order valence-electron chi connectivity index (χ3n) is 2.80. The molecule has 4 heteroatoms. The Morgan fingerprint density at radius 3 is 2.65 bits per heavy atom. The van der Waals surface area contributed by atoms with Crippen molar-refractivity contribution in [3.8, 4) is 17.3 Å². The van der Waals surface area contributed by atoms with Crippen molar-refractivity contribution >= 4 is 5.97 Å². The van der Waals surface area contributed by atoms with E-state index in [1.807, 2.05) is 30.3 Å². The Morgan fingerprint density at radius 2 is 2.05 bits per heavy atom. The number of ether oxygens (including phenoxy) is 1. The molecule has 1 aromatic carbocycles. The molecule has 2 aromatic rings. The summed E-state index contributed by atoms with van der Waals surface area (Å²) in [5.41, 5.74) is 2.50. The van der Waals surface area contributed by atoms with Gasteiger partial charge in [-0.3, -0.25) is 4.98 Å². The number of rotatable bonds is 3. The van der Waals surface area contributed by atoms with Gasteiger partial charge in [0.1, 0.15) is 6.07 Å². The van der Waals surface area contributed by atoms with Crippen LogP contribution in [-0.4, -0.2) is 17.6 Å². The molecule has 4 nitrogen and oxygen atoms in total. The second-order valence-electron chi connectivity index (χ2n) is 4.23. The molecule has 0 atom stereocenters. The molecule has 0 aliphatic carbocycles. The van der Waals surface area contributed by atoms with E-state index in [1.165, 1.54) is 0 Å². The van der Waals surface area contributed by atoms with Gasteiger partial charge in [-0.05, 0) is 19.9 Å². The lowest BCUT2D eigenvalue weighted by atomic mass is 10.0. The summed E-state index contributed by atoms with van der Waals surface area (Å²) in [6, 6.07) is 13.0. The van der Waals surface area contributed by atoms with Crippen molar-refractivity contribution in [3.63, 3.8) is 0 Å². The highest BCUT2D eigenvalue weighted by atomic mass is 16.5. The summed E-state index contributed by atoms with van der Waals surface area (Å²) in [6.45, 7) is 3.79. The van der Waals surface area contributed by atoms with Gasteiger partial charge >= 0.3 is 5.97 Å². The van der Waals surface area contributed by atoms with Crippen molar-refractivity contribution in [2.24, 2.45) is 0 Å². The van der Waals surface area contributed by atoms with E-state index in [4.69, 9.17) is 4.74 Å². The SMILES string of the molecule is CCOC(=O)c1cc(C)nc(-c2ccccc2)c1C#N. The Balaban J connectivity index is 2.65. The molecule has 0 saturated carbocycles. The molecular weight excluding hydrogens is 252 g/mol. The van der Waals surface area contributed by atoms with Crippen LogP contribution in [0.3, 0.4) is 0 Å². The van der Waals surface area contributed by atoms with Crippen LogP contribution < -0.4 is 0 Å². The monoisotopic (exact) mass is 266 g/mol. The third-order valence-corrected chi connectivity index (χ3v) is 2.80. The fourth-order valence-electron chi connectivity index (χ4n) is 1.96. The van der Waals surface area contributed by atoms with Gasteiger partial charge in [0.15, 0.2) is 0 Å². The quantitative estimate of drug-likeness (QED) is 0.801. The average Bonchev–Trinajstić information content (AvgIpc) is 2.47. The van der Waals surface area contributed by atoms with E-state index in [0.29, 0.717) is 11.4 Å². The maximum atomic E-state index is 12.0. The topological polar surface area (TPSA) is 63.0 Å². The van der Waals surface area contributed by atoms with Gasteiger partial charge in [-0.2, -0.15) is 5.26 Å². The Morgan fingerprint density at radius 1 is 1.35 bits per heavy atom. The van der Waals surface area contributed by atoms with Crippen LogP contribution in [0.5, 0.6) is 0 Å². The zero-order chi connectivity index (χ0) is 14.5. The van der Waals surface area contributed by atoms with E-state index in [9.17, 15) is 10.1 Å². The number of carbonyl (C=O) groups excluding carboxylic acids is 1. The van der Waals surface area contributed by atoms with Crippen LogP contribution in [0.15, 0.2) is 36.4 Å². The number of benzene rings is 1. The number of hydrogen-bond donors (Lipinski definition) is 0. The number of nitrogens with zero attached hydrogens (tertiary/aromatic N) is 2. The van der Waals surface area contributed by atoms with Gasteiger partial charge in [-0.1, -0.05) is 30.3 Å². The van der Waals surface area contributed by atoms with Gasteiger partial charge in [0, 0.05) is 11.3 Å². The molecule has 0 saturated heterocycles. The molecule has 0 unspecified atom stereocenters. The zero-order valence-electron chi connectivity index (χ0n) is 11.4. The van der Waals surface area contributed by atoms with E-state index in [-0.39, 0.29) is 17.7 Å². The number of hydrogen-bond acceptors (Lipinski definition) is 4. The second kappa shape index (κ2) is 5.98. The van der Waals surface area contributed by atoms with Crippen LogP contribution in [0.25, 0.3) is 11.3 Å². The molecular formula is C16H14N2O2. The number of nitriles is 1. The highest BCUT2D eigenvalue weighted by molar-refractivity contribution is 5.94. The lowest BCUT2D eigenvalue weighted by molar-refractivity contribution is 0.0526. The van der Waals surface area contributed by atoms with E-state index in [1.54, 1.807) is 19.9 Å². The Kier molecular flexibility index (Phi) is 4.11. The van der Waals surface area contributed by atoms with Gasteiger partial charge in [0.2, 0.25) is 0 Å². The molecule has 2 rings (SSSR count). The first kappa shape index (κ1) is 13.8. The van der Waals surface area contributed by atoms with Crippen molar-refractivity contribution in [2.45, 2.75) is 13.8 Å². The first-order valence-electron chi connectivity index (χ1n) is 6.31. The van der Waals surface area contributed by atoms with E-state index >= 15 is 0 Å². The number of esters is 1. The number of carbonyl (C=O) groups is 1. The summed E-state index contributed by atoms with van der Waals surface area (Å²) in [5.74, 6) is -0.494. The molecule has 0 aliphatic heterocycles. The maximum absolute atomic E-state index is 12.0. The van der Waals surface area contributed by atoms with E-state index in [2.05, 4.69) is 11.1 Å². The van der Waals surface area contributed by atoms with Crippen LogP contribution in [0, 0.1) is 18.3 Å². The van der Waals surface area contributed by atoms with Crippen molar-refractivity contribution in [3.05, 3.63) is 53.2 Å². The number of pyridine rings is 1. The summed E-state index contributed by atoms with van der Waals surface area (Å²) >= 11 is 0. The largest absolute Gasteiger partial charge is 0.462 e. The van der Waals surface area contributed by atoms with Crippen LogP contribution in [-0.2, 0) is 4.74 Å². The van der Waals surface area contributed by atoms with Crippen molar-refractivity contribution in [1.29, 1.82) is 5.26 Å². The van der Waals surface area contributed by atoms with Gasteiger partial charge in [0.25, 0.3) is 0 Å². The van der Waals surface area contributed by atoms with Crippen molar-refractivity contribution < 1.29 is 9.53 Å². The van der Waals surface area contributed by atoms with E-state index in [0.717, 1.165) is 5.56 Å². The van der Waals surface area contributed by atoms with Gasteiger partial charge < -0.3 is 4.74 Å². The molecule has 1 aromatic heterocycles. The predicted octanol–water partition coefficient (Wildman–Crippen LogP) is 3.11. The summed E-state index contributed by atoms with van der Waals surface area (Å²) in [7, 11) is 0. The predicted molar refractivity (Wildman–Crippen MR) is 75.1 cm³/mol. The summed E-state index contributed by atoms with van der Waals surface area (Å²) in [4.78, 5) is 16.3. The zero-order valence-corrected chi connectivity index (χ0v) is 11.4. The minimum absolute atomic E-state index is 0.250. The van der Waals surface area contributed by atoms with E-state index < -0.39 is 5.97 Å². The minimum atomic E-state index is -0.494. The lowest BCUT2D eigenvalue weighted by Gasteiger charge is -2.10. The third kappa shape index (κ3) is 2.67. The number of aryl methyl sites for hydroxylation is 1. The van der Waals surface area contributed by atoms with Crippen molar-refractivity contribution in [1.82, 2.24) is 4.98 Å². The second-order valence-corrected chi connectivity index (χ2v) is 4.23. The lowest BCUT2D eigenvalue weighted by Crippen LogP contribution is -2.09. The summed E-state index contributed by atoms with van der Waals surface area (Å²) < 4.78 is 5.00.